The van der Waals surface area contributed by atoms with Crippen LogP contribution < -0.4 is 26.2 Å². The van der Waals surface area contributed by atoms with Crippen LogP contribution in [-0.2, 0) is 16.2 Å². The van der Waals surface area contributed by atoms with Crippen molar-refractivity contribution in [3.8, 4) is 11.1 Å². The maximum atomic E-state index is 6.45. The molecule has 3 aliphatic rings. The molecule has 8 aromatic carbocycles. The molecule has 0 radical (unpaired) electrons. The lowest BCUT2D eigenvalue weighted by Gasteiger charge is -2.47. The van der Waals surface area contributed by atoms with Crippen LogP contribution in [0.15, 0.2) is 156 Å². The fourth-order valence-electron chi connectivity index (χ4n) is 11.9. The lowest BCUT2D eigenvalue weighted by Crippen LogP contribution is -2.62. The van der Waals surface area contributed by atoms with Gasteiger partial charge in [-0.15, -0.1) is 11.3 Å². The van der Waals surface area contributed by atoms with Gasteiger partial charge in [0.1, 0.15) is 11.2 Å². The molecule has 13 rings (SSSR count). The summed E-state index contributed by atoms with van der Waals surface area (Å²) in [5.74, 6) is 0. The highest BCUT2D eigenvalue weighted by Gasteiger charge is 2.47. The Morgan fingerprint density at radius 1 is 0.561 bits per heavy atom. The monoisotopic (exact) mass is 872 g/mol. The van der Waals surface area contributed by atoms with Crippen LogP contribution in [-0.4, -0.2) is 6.71 Å². The Labute approximate surface area is 392 Å². The van der Waals surface area contributed by atoms with Crippen LogP contribution in [0.25, 0.3) is 53.2 Å². The van der Waals surface area contributed by atoms with Crippen molar-refractivity contribution in [2.24, 2.45) is 0 Å². The van der Waals surface area contributed by atoms with Crippen molar-refractivity contribution in [2.45, 2.75) is 84.5 Å². The number of nitrogens with zero attached hydrogens (tertiary/aromatic N) is 2. The maximum absolute atomic E-state index is 6.45. The van der Waals surface area contributed by atoms with E-state index < -0.39 is 0 Å². The van der Waals surface area contributed by atoms with Crippen LogP contribution in [0.4, 0.5) is 34.1 Å². The van der Waals surface area contributed by atoms with Crippen molar-refractivity contribution in [2.75, 3.05) is 9.80 Å². The van der Waals surface area contributed by atoms with E-state index in [1.165, 1.54) is 98.4 Å². The number of benzene rings is 8. The summed E-state index contributed by atoms with van der Waals surface area (Å²) in [5.41, 5.74) is 21.3. The Morgan fingerprint density at radius 2 is 1.24 bits per heavy atom. The first-order valence-corrected chi connectivity index (χ1v) is 24.6. The van der Waals surface area contributed by atoms with Gasteiger partial charge < -0.3 is 14.2 Å². The molecule has 0 saturated carbocycles. The fraction of sp³-hybridized carbons (Fsp3) is 0.213. The third-order valence-electron chi connectivity index (χ3n) is 15.5. The third-order valence-corrected chi connectivity index (χ3v) is 16.6. The van der Waals surface area contributed by atoms with E-state index in [4.69, 9.17) is 4.42 Å². The Bertz CT molecular complexity index is 3680. The summed E-state index contributed by atoms with van der Waals surface area (Å²) in [7, 11) is 0. The van der Waals surface area contributed by atoms with E-state index in [9.17, 15) is 0 Å². The predicted molar refractivity (Wildman–Crippen MR) is 285 cm³/mol. The van der Waals surface area contributed by atoms with Gasteiger partial charge >= 0.3 is 0 Å². The van der Waals surface area contributed by atoms with E-state index >= 15 is 0 Å². The highest BCUT2D eigenvalue weighted by Crippen LogP contribution is 2.54. The van der Waals surface area contributed by atoms with Gasteiger partial charge in [-0.3, -0.25) is 0 Å². The number of thiophene rings is 1. The minimum atomic E-state index is -0.0284. The summed E-state index contributed by atoms with van der Waals surface area (Å²) in [4.78, 5) is 5.29. The van der Waals surface area contributed by atoms with Crippen molar-refractivity contribution >= 4 is 111 Å². The van der Waals surface area contributed by atoms with Crippen molar-refractivity contribution in [1.82, 2.24) is 0 Å². The van der Waals surface area contributed by atoms with Gasteiger partial charge in [0.05, 0.1) is 11.4 Å². The second-order valence-electron chi connectivity index (χ2n) is 21.6. The molecule has 1 aliphatic carbocycles. The zero-order chi connectivity index (χ0) is 45.0. The highest BCUT2D eigenvalue weighted by atomic mass is 32.1. The second-order valence-corrected chi connectivity index (χ2v) is 22.7. The maximum Gasteiger partial charge on any atom is 0.252 e. The van der Waals surface area contributed by atoms with Gasteiger partial charge in [-0.05, 0) is 147 Å². The molecule has 0 N–H and O–H groups in total. The molecule has 2 aliphatic heterocycles. The predicted octanol–water partition coefficient (Wildman–Crippen LogP) is 15.7. The molecular weight excluding hydrogens is 820 g/mol. The first-order valence-electron chi connectivity index (χ1n) is 23.7. The molecule has 0 amide bonds. The van der Waals surface area contributed by atoms with Gasteiger partial charge in [0.2, 0.25) is 0 Å². The van der Waals surface area contributed by atoms with Gasteiger partial charge in [-0.1, -0.05) is 133 Å². The smallest absolute Gasteiger partial charge is 0.252 e. The molecule has 2 aromatic heterocycles. The van der Waals surface area contributed by atoms with E-state index in [2.05, 4.69) is 217 Å². The van der Waals surface area contributed by atoms with E-state index in [-0.39, 0.29) is 23.0 Å². The van der Waals surface area contributed by atoms with E-state index in [0.29, 0.717) is 0 Å². The number of hydrogen-bond donors (Lipinski definition) is 0. The SMILES string of the molecule is Cc1cc2c3c(c1)N(c1ccc(C(C)(C)C)cc1-c1ccccc1)c1c(ccc4sc5ccccc5c14)B3c1cc3c(cc1N2c1ccc2oc4ccccc4c2c1)C(C)(C)CCC3(C)C. The average Bonchev–Trinajstić information content (AvgIpc) is 3.88. The van der Waals surface area contributed by atoms with E-state index in [1.54, 1.807) is 0 Å². The summed E-state index contributed by atoms with van der Waals surface area (Å²) in [5, 5.41) is 4.93. The molecule has 0 unspecified atom stereocenters. The van der Waals surface area contributed by atoms with Crippen LogP contribution in [0.3, 0.4) is 0 Å². The minimum absolute atomic E-state index is 0.00480. The molecule has 10 aromatic rings. The quantitative estimate of drug-likeness (QED) is 0.165. The van der Waals surface area contributed by atoms with Gasteiger partial charge in [-0.2, -0.15) is 0 Å². The average molecular weight is 873 g/mol. The third kappa shape index (κ3) is 5.68. The van der Waals surface area contributed by atoms with E-state index in [0.717, 1.165) is 40.5 Å². The molecule has 3 nitrogen and oxygen atoms in total. The first-order chi connectivity index (χ1) is 31.7. The summed E-state index contributed by atoms with van der Waals surface area (Å²) >= 11 is 1.91. The van der Waals surface area contributed by atoms with Gasteiger partial charge in [0.25, 0.3) is 6.71 Å². The number of furan rings is 1. The minimum Gasteiger partial charge on any atom is -0.456 e. The summed E-state index contributed by atoms with van der Waals surface area (Å²) in [6.07, 6.45) is 2.31. The largest absolute Gasteiger partial charge is 0.456 e. The van der Waals surface area contributed by atoms with Crippen LogP contribution >= 0.6 is 11.3 Å². The highest BCUT2D eigenvalue weighted by molar-refractivity contribution is 7.26. The number of rotatable bonds is 3. The molecule has 0 atom stereocenters. The molecule has 322 valence electrons. The van der Waals surface area contributed by atoms with Crippen LogP contribution in [0, 0.1) is 6.92 Å². The van der Waals surface area contributed by atoms with Crippen molar-refractivity contribution in [3.63, 3.8) is 0 Å². The number of hydrogen-bond acceptors (Lipinski definition) is 4. The van der Waals surface area contributed by atoms with Crippen LogP contribution in [0.1, 0.15) is 83.6 Å². The van der Waals surface area contributed by atoms with Gasteiger partial charge in [0, 0.05) is 59.3 Å². The molecule has 4 heterocycles. The Kier molecular flexibility index (Phi) is 8.29. The molecule has 66 heavy (non-hydrogen) atoms. The first kappa shape index (κ1) is 39.8. The van der Waals surface area contributed by atoms with E-state index in [1.807, 2.05) is 11.3 Å². The normalized spacial score (nSPS) is 15.9. The van der Waals surface area contributed by atoms with Crippen molar-refractivity contribution in [1.29, 1.82) is 0 Å². The molecule has 0 saturated heterocycles. The fourth-order valence-corrected chi connectivity index (χ4v) is 13.0. The zero-order valence-corrected chi connectivity index (χ0v) is 40.0. The van der Waals surface area contributed by atoms with Crippen LogP contribution in [0.2, 0.25) is 0 Å². The summed E-state index contributed by atoms with van der Waals surface area (Å²) in [6, 6.07) is 57.8. The lowest BCUT2D eigenvalue weighted by atomic mass is 9.33. The van der Waals surface area contributed by atoms with Crippen molar-refractivity contribution < 1.29 is 4.42 Å². The molecule has 5 heteroatoms. The molecule has 0 fully saturated rings. The summed E-state index contributed by atoms with van der Waals surface area (Å²) in [6.45, 7) is 19.1. The molecule has 0 spiro atoms. The van der Waals surface area contributed by atoms with Crippen molar-refractivity contribution in [3.05, 3.63) is 174 Å². The zero-order valence-electron chi connectivity index (χ0n) is 39.1. The lowest BCUT2D eigenvalue weighted by molar-refractivity contribution is 0.332. The van der Waals surface area contributed by atoms with Crippen LogP contribution in [0.5, 0.6) is 0 Å². The molecule has 0 bridgehead atoms. The topological polar surface area (TPSA) is 19.6 Å². The Hall–Kier alpha value is -6.56. The Morgan fingerprint density at radius 3 is 2.02 bits per heavy atom. The number of para-hydroxylation sites is 1. The number of aryl methyl sites for hydroxylation is 1. The molecular formula is C61H53BN2OS. The second kappa shape index (κ2) is 13.7. The standard InChI is InChI=1S/C61H53BN2OS/c1-36-30-50-57-51(31-36)64(48-25-22-38(59(2,3)4)32-42(48)37-16-10-9-11-17-37)58-46(24-27-55-56(58)41-19-13-15-21-54(41)66-55)62(57)47-34-44-45(61(7,8)29-28-60(44,5)6)35-49(47)63(50)39-23-26-53-43(33-39)40-18-12-14-20-52(40)65-53/h9-27,30-35H,28-29H2,1-8H3. The number of fused-ring (bicyclic) bond motifs is 12. The van der Waals surface area contributed by atoms with Gasteiger partial charge in [-0.25, -0.2) is 0 Å². The number of anilines is 6. The summed E-state index contributed by atoms with van der Waals surface area (Å²) < 4.78 is 9.09. The van der Waals surface area contributed by atoms with Gasteiger partial charge in [0.15, 0.2) is 0 Å². The Balaban J connectivity index is 1.19.